The predicted octanol–water partition coefficient (Wildman–Crippen LogP) is 2.02. The van der Waals surface area contributed by atoms with Crippen LogP contribution in [0.2, 0.25) is 0 Å². The summed E-state index contributed by atoms with van der Waals surface area (Å²) in [7, 11) is 0. The summed E-state index contributed by atoms with van der Waals surface area (Å²) in [6.07, 6.45) is 3.97. The zero-order valence-electron chi connectivity index (χ0n) is 7.29. The molecule has 0 bridgehead atoms. The lowest BCUT2D eigenvalue weighted by molar-refractivity contribution is 0.330. The standard InChI is InChI=1S/C8H12ClN3O/c9-4-7-11-12-8(13-7)10-5-6-2-1-3-6/h6H,1-5H2,(H,10,12). The second-order valence-electron chi connectivity index (χ2n) is 3.31. The highest BCUT2D eigenvalue weighted by molar-refractivity contribution is 6.16. The summed E-state index contributed by atoms with van der Waals surface area (Å²) in [4.78, 5) is 0. The van der Waals surface area contributed by atoms with Crippen LogP contribution in [-0.4, -0.2) is 16.7 Å². The Kier molecular flexibility index (Phi) is 2.68. The zero-order chi connectivity index (χ0) is 9.10. The van der Waals surface area contributed by atoms with Crippen LogP contribution in [0.25, 0.3) is 0 Å². The Morgan fingerprint density at radius 1 is 1.46 bits per heavy atom. The molecule has 1 aromatic heterocycles. The van der Waals surface area contributed by atoms with E-state index in [0.29, 0.717) is 11.9 Å². The highest BCUT2D eigenvalue weighted by Crippen LogP contribution is 2.26. The van der Waals surface area contributed by atoms with E-state index < -0.39 is 0 Å². The first-order valence-corrected chi connectivity index (χ1v) is 5.04. The van der Waals surface area contributed by atoms with E-state index >= 15 is 0 Å². The monoisotopic (exact) mass is 201 g/mol. The van der Waals surface area contributed by atoms with E-state index in [4.69, 9.17) is 16.0 Å². The predicted molar refractivity (Wildman–Crippen MR) is 49.7 cm³/mol. The van der Waals surface area contributed by atoms with Crippen molar-refractivity contribution in [2.45, 2.75) is 25.1 Å². The van der Waals surface area contributed by atoms with Crippen LogP contribution in [0.5, 0.6) is 0 Å². The Balaban J connectivity index is 1.79. The molecule has 1 saturated carbocycles. The van der Waals surface area contributed by atoms with Crippen molar-refractivity contribution in [1.29, 1.82) is 0 Å². The van der Waals surface area contributed by atoms with E-state index in [9.17, 15) is 0 Å². The lowest BCUT2D eigenvalue weighted by Crippen LogP contribution is -2.20. The van der Waals surface area contributed by atoms with Crippen LogP contribution in [0.3, 0.4) is 0 Å². The Hall–Kier alpha value is -0.770. The number of nitrogens with one attached hydrogen (secondary N) is 1. The molecule has 1 N–H and O–H groups in total. The van der Waals surface area contributed by atoms with Gasteiger partial charge in [-0.3, -0.25) is 0 Å². The van der Waals surface area contributed by atoms with Crippen LogP contribution in [0.4, 0.5) is 6.01 Å². The van der Waals surface area contributed by atoms with Gasteiger partial charge in [0.25, 0.3) is 0 Å². The van der Waals surface area contributed by atoms with Gasteiger partial charge in [-0.25, -0.2) is 0 Å². The van der Waals surface area contributed by atoms with Crippen LogP contribution < -0.4 is 5.32 Å². The number of rotatable bonds is 4. The average molecular weight is 202 g/mol. The van der Waals surface area contributed by atoms with Crippen molar-refractivity contribution < 1.29 is 4.42 Å². The number of anilines is 1. The first-order chi connectivity index (χ1) is 6.38. The van der Waals surface area contributed by atoms with Crippen molar-refractivity contribution in [1.82, 2.24) is 10.2 Å². The Labute approximate surface area is 81.7 Å². The SMILES string of the molecule is ClCc1nnc(NCC2CCC2)o1. The van der Waals surface area contributed by atoms with Gasteiger partial charge in [-0.2, -0.15) is 0 Å². The molecule has 1 heterocycles. The number of hydrogen-bond donors (Lipinski definition) is 1. The maximum atomic E-state index is 5.52. The molecule has 4 nitrogen and oxygen atoms in total. The van der Waals surface area contributed by atoms with E-state index in [2.05, 4.69) is 15.5 Å². The first-order valence-electron chi connectivity index (χ1n) is 4.50. The highest BCUT2D eigenvalue weighted by Gasteiger charge is 2.17. The van der Waals surface area contributed by atoms with E-state index in [1.807, 2.05) is 0 Å². The number of aromatic nitrogens is 2. The molecule has 5 heteroatoms. The second-order valence-corrected chi connectivity index (χ2v) is 3.58. The lowest BCUT2D eigenvalue weighted by atomic mass is 9.85. The molecule has 1 aliphatic carbocycles. The molecule has 0 saturated heterocycles. The smallest absolute Gasteiger partial charge is 0.315 e. The normalized spacial score (nSPS) is 17.0. The van der Waals surface area contributed by atoms with Crippen molar-refractivity contribution in [3.8, 4) is 0 Å². The second kappa shape index (κ2) is 3.96. The van der Waals surface area contributed by atoms with Gasteiger partial charge in [-0.15, -0.1) is 16.7 Å². The fraction of sp³-hybridized carbons (Fsp3) is 0.750. The summed E-state index contributed by atoms with van der Waals surface area (Å²) < 4.78 is 5.19. The number of nitrogens with zero attached hydrogens (tertiary/aromatic N) is 2. The molecular weight excluding hydrogens is 190 g/mol. The van der Waals surface area contributed by atoms with Crippen LogP contribution >= 0.6 is 11.6 Å². The van der Waals surface area contributed by atoms with Gasteiger partial charge in [0, 0.05) is 6.54 Å². The van der Waals surface area contributed by atoms with Gasteiger partial charge in [-0.1, -0.05) is 11.5 Å². The Morgan fingerprint density at radius 3 is 2.85 bits per heavy atom. The van der Waals surface area contributed by atoms with Crippen LogP contribution in [-0.2, 0) is 5.88 Å². The summed E-state index contributed by atoms with van der Waals surface area (Å²) in [5, 5.41) is 10.7. The molecule has 0 amide bonds. The van der Waals surface area contributed by atoms with Crippen LogP contribution in [0.1, 0.15) is 25.2 Å². The molecule has 0 aliphatic heterocycles. The average Bonchev–Trinajstić information content (AvgIpc) is 2.49. The summed E-state index contributed by atoms with van der Waals surface area (Å²) in [5.74, 6) is 1.53. The van der Waals surface area contributed by atoms with E-state index in [1.165, 1.54) is 19.3 Å². The fourth-order valence-electron chi connectivity index (χ4n) is 1.31. The molecule has 1 aromatic rings. The molecule has 2 rings (SSSR count). The molecule has 0 radical (unpaired) electrons. The molecule has 1 fully saturated rings. The molecule has 0 atom stereocenters. The highest BCUT2D eigenvalue weighted by atomic mass is 35.5. The lowest BCUT2D eigenvalue weighted by Gasteiger charge is -2.24. The molecule has 0 unspecified atom stereocenters. The summed E-state index contributed by atoms with van der Waals surface area (Å²) in [6, 6.07) is 0.488. The van der Waals surface area contributed by atoms with Gasteiger partial charge in [0.15, 0.2) is 0 Å². The van der Waals surface area contributed by atoms with Gasteiger partial charge in [0.05, 0.1) is 0 Å². The molecule has 0 aromatic carbocycles. The van der Waals surface area contributed by atoms with Gasteiger partial charge < -0.3 is 9.73 Å². The minimum atomic E-state index is 0.276. The van der Waals surface area contributed by atoms with E-state index in [1.54, 1.807) is 0 Å². The summed E-state index contributed by atoms with van der Waals surface area (Å²) in [5.41, 5.74) is 0. The Bertz CT molecular complexity index is 272. The van der Waals surface area contributed by atoms with Crippen LogP contribution in [0.15, 0.2) is 4.42 Å². The first kappa shape index (κ1) is 8.81. The molecule has 72 valence electrons. The van der Waals surface area contributed by atoms with Crippen molar-refractivity contribution in [2.24, 2.45) is 5.92 Å². The third-order valence-corrected chi connectivity index (χ3v) is 2.58. The maximum Gasteiger partial charge on any atom is 0.315 e. The van der Waals surface area contributed by atoms with Crippen molar-refractivity contribution in [3.63, 3.8) is 0 Å². The van der Waals surface area contributed by atoms with Gasteiger partial charge in [0.2, 0.25) is 5.89 Å². The van der Waals surface area contributed by atoms with Gasteiger partial charge >= 0.3 is 6.01 Å². The van der Waals surface area contributed by atoms with Crippen molar-refractivity contribution in [3.05, 3.63) is 5.89 Å². The van der Waals surface area contributed by atoms with Gasteiger partial charge in [-0.05, 0) is 18.8 Å². The number of halogens is 1. The largest absolute Gasteiger partial charge is 0.407 e. The number of alkyl halides is 1. The maximum absolute atomic E-state index is 5.52. The quantitative estimate of drug-likeness (QED) is 0.758. The van der Waals surface area contributed by atoms with E-state index in [0.717, 1.165) is 12.5 Å². The van der Waals surface area contributed by atoms with Crippen molar-refractivity contribution in [2.75, 3.05) is 11.9 Å². The minimum absolute atomic E-state index is 0.276. The molecular formula is C8H12ClN3O. The fourth-order valence-corrected chi connectivity index (χ4v) is 1.42. The van der Waals surface area contributed by atoms with Crippen molar-refractivity contribution >= 4 is 17.6 Å². The minimum Gasteiger partial charge on any atom is -0.407 e. The summed E-state index contributed by atoms with van der Waals surface area (Å²) in [6.45, 7) is 0.934. The number of hydrogen-bond acceptors (Lipinski definition) is 4. The molecule has 0 spiro atoms. The third kappa shape index (κ3) is 2.12. The third-order valence-electron chi connectivity index (χ3n) is 2.35. The topological polar surface area (TPSA) is 51.0 Å². The van der Waals surface area contributed by atoms with Gasteiger partial charge in [0.1, 0.15) is 5.88 Å². The molecule has 1 aliphatic rings. The Morgan fingerprint density at radius 2 is 2.31 bits per heavy atom. The van der Waals surface area contributed by atoms with E-state index in [-0.39, 0.29) is 5.88 Å². The summed E-state index contributed by atoms with van der Waals surface area (Å²) >= 11 is 5.52. The molecule has 13 heavy (non-hydrogen) atoms. The zero-order valence-corrected chi connectivity index (χ0v) is 8.05. The van der Waals surface area contributed by atoms with Crippen LogP contribution in [0, 0.1) is 5.92 Å².